The zero-order chi connectivity index (χ0) is 17.1. The first-order chi connectivity index (χ1) is 11.7. The van der Waals surface area contributed by atoms with Crippen LogP contribution >= 0.6 is 11.6 Å². The number of methoxy groups -OCH3 is 1. The summed E-state index contributed by atoms with van der Waals surface area (Å²) >= 11 is 6.30. The minimum atomic E-state index is -0.0783. The second-order valence-electron chi connectivity index (χ2n) is 5.61. The minimum absolute atomic E-state index is 0.0783. The van der Waals surface area contributed by atoms with Gasteiger partial charge in [-0.15, -0.1) is 0 Å². The number of halogens is 1. The molecular weight excluding hydrogens is 326 g/mol. The lowest BCUT2D eigenvalue weighted by Gasteiger charge is -2.29. The topological polar surface area (TPSA) is 38.8 Å². The third-order valence-electron chi connectivity index (χ3n) is 4.12. The summed E-state index contributed by atoms with van der Waals surface area (Å²) in [6, 6.07) is 11.4. The van der Waals surface area contributed by atoms with Gasteiger partial charge in [0.05, 0.1) is 18.7 Å². The Labute approximate surface area is 146 Å². The van der Waals surface area contributed by atoms with E-state index in [1.54, 1.807) is 19.2 Å². The first kappa shape index (κ1) is 16.7. The zero-order valence-corrected chi connectivity index (χ0v) is 14.6. The molecule has 1 aliphatic rings. The van der Waals surface area contributed by atoms with Gasteiger partial charge in [0.25, 0.3) is 5.91 Å². The molecule has 0 saturated heterocycles. The lowest BCUT2D eigenvalue weighted by molar-refractivity contribution is 0.0984. The molecular formula is C19H20ClNO3. The van der Waals surface area contributed by atoms with E-state index < -0.39 is 0 Å². The molecule has 126 valence electrons. The van der Waals surface area contributed by atoms with E-state index in [0.717, 1.165) is 18.5 Å². The van der Waals surface area contributed by atoms with Gasteiger partial charge in [0.15, 0.2) is 11.5 Å². The van der Waals surface area contributed by atoms with Crippen molar-refractivity contribution in [3.05, 3.63) is 52.5 Å². The van der Waals surface area contributed by atoms with Crippen molar-refractivity contribution in [3.8, 4) is 11.5 Å². The summed E-state index contributed by atoms with van der Waals surface area (Å²) in [4.78, 5) is 14.8. The molecule has 24 heavy (non-hydrogen) atoms. The van der Waals surface area contributed by atoms with Gasteiger partial charge in [-0.3, -0.25) is 4.79 Å². The van der Waals surface area contributed by atoms with E-state index in [1.165, 1.54) is 5.56 Å². The highest BCUT2D eigenvalue weighted by Crippen LogP contribution is 2.37. The molecule has 1 heterocycles. The van der Waals surface area contributed by atoms with E-state index in [4.69, 9.17) is 21.1 Å². The van der Waals surface area contributed by atoms with E-state index in [-0.39, 0.29) is 5.91 Å². The summed E-state index contributed by atoms with van der Waals surface area (Å²) in [5, 5.41) is 0.379. The lowest BCUT2D eigenvalue weighted by atomic mass is 10.0. The molecule has 0 radical (unpaired) electrons. The van der Waals surface area contributed by atoms with Crippen LogP contribution in [0.25, 0.3) is 0 Å². The Morgan fingerprint density at radius 1 is 1.29 bits per heavy atom. The molecule has 1 amide bonds. The van der Waals surface area contributed by atoms with Gasteiger partial charge >= 0.3 is 0 Å². The van der Waals surface area contributed by atoms with Crippen molar-refractivity contribution in [2.24, 2.45) is 0 Å². The van der Waals surface area contributed by atoms with Crippen molar-refractivity contribution in [1.29, 1.82) is 0 Å². The summed E-state index contributed by atoms with van der Waals surface area (Å²) in [6.45, 7) is 3.05. The molecule has 0 atom stereocenters. The lowest BCUT2D eigenvalue weighted by Crippen LogP contribution is -2.35. The number of nitrogens with zero attached hydrogens (tertiary/aromatic N) is 1. The highest BCUT2D eigenvalue weighted by Gasteiger charge is 2.25. The molecule has 0 aromatic heterocycles. The fourth-order valence-corrected chi connectivity index (χ4v) is 3.29. The SMILES string of the molecule is CCOc1c(Cl)cc(C(=O)N2CCCc3ccccc32)cc1OC. The average molecular weight is 346 g/mol. The second-order valence-corrected chi connectivity index (χ2v) is 6.02. The summed E-state index contributed by atoms with van der Waals surface area (Å²) < 4.78 is 10.9. The second kappa shape index (κ2) is 7.14. The van der Waals surface area contributed by atoms with E-state index in [0.29, 0.717) is 35.2 Å². The fraction of sp³-hybridized carbons (Fsp3) is 0.316. The Morgan fingerprint density at radius 3 is 2.83 bits per heavy atom. The van der Waals surface area contributed by atoms with Gasteiger partial charge in [-0.25, -0.2) is 0 Å². The van der Waals surface area contributed by atoms with Crippen LogP contribution in [-0.2, 0) is 6.42 Å². The molecule has 2 aromatic rings. The Hall–Kier alpha value is -2.20. The van der Waals surface area contributed by atoms with Crippen molar-refractivity contribution in [2.45, 2.75) is 19.8 Å². The fourth-order valence-electron chi connectivity index (χ4n) is 3.03. The Balaban J connectivity index is 1.98. The van der Waals surface area contributed by atoms with Crippen LogP contribution in [0.2, 0.25) is 5.02 Å². The van der Waals surface area contributed by atoms with Gasteiger partial charge in [0, 0.05) is 17.8 Å². The maximum Gasteiger partial charge on any atom is 0.258 e. The van der Waals surface area contributed by atoms with E-state index in [9.17, 15) is 4.79 Å². The first-order valence-corrected chi connectivity index (χ1v) is 8.43. The molecule has 5 heteroatoms. The summed E-state index contributed by atoms with van der Waals surface area (Å²) in [5.41, 5.74) is 2.66. The van der Waals surface area contributed by atoms with Crippen molar-refractivity contribution in [2.75, 3.05) is 25.2 Å². The number of anilines is 1. The molecule has 4 nitrogen and oxygen atoms in total. The van der Waals surface area contributed by atoms with Crippen LogP contribution < -0.4 is 14.4 Å². The number of amides is 1. The van der Waals surface area contributed by atoms with Crippen LogP contribution in [0, 0.1) is 0 Å². The molecule has 1 aliphatic heterocycles. The molecule has 0 aliphatic carbocycles. The Kier molecular flexibility index (Phi) is 4.95. The van der Waals surface area contributed by atoms with Gasteiger partial charge in [0.1, 0.15) is 0 Å². The molecule has 3 rings (SSSR count). The number of hydrogen-bond donors (Lipinski definition) is 0. The van der Waals surface area contributed by atoms with Crippen molar-refractivity contribution >= 4 is 23.2 Å². The van der Waals surface area contributed by atoms with Gasteiger partial charge in [-0.1, -0.05) is 29.8 Å². The number of fused-ring (bicyclic) bond motifs is 1. The van der Waals surface area contributed by atoms with E-state index in [2.05, 4.69) is 6.07 Å². The molecule has 0 saturated carbocycles. The molecule has 0 unspecified atom stereocenters. The van der Waals surface area contributed by atoms with Crippen molar-refractivity contribution in [1.82, 2.24) is 0 Å². The maximum atomic E-state index is 13.0. The van der Waals surface area contributed by atoms with Crippen LogP contribution in [-0.4, -0.2) is 26.2 Å². The molecule has 0 bridgehead atoms. The first-order valence-electron chi connectivity index (χ1n) is 8.05. The largest absolute Gasteiger partial charge is 0.493 e. The predicted molar refractivity (Wildman–Crippen MR) is 95.6 cm³/mol. The van der Waals surface area contributed by atoms with Crippen LogP contribution in [0.3, 0.4) is 0 Å². The number of para-hydroxylation sites is 1. The van der Waals surface area contributed by atoms with Crippen LogP contribution in [0.15, 0.2) is 36.4 Å². The number of rotatable bonds is 4. The van der Waals surface area contributed by atoms with E-state index in [1.807, 2.05) is 30.0 Å². The average Bonchev–Trinajstić information content (AvgIpc) is 2.62. The quantitative estimate of drug-likeness (QED) is 0.827. The van der Waals surface area contributed by atoms with Gasteiger partial charge in [-0.2, -0.15) is 0 Å². The highest BCUT2D eigenvalue weighted by atomic mass is 35.5. The summed E-state index contributed by atoms with van der Waals surface area (Å²) in [5.74, 6) is 0.862. The number of carbonyl (C=O) groups excluding carboxylic acids is 1. The van der Waals surface area contributed by atoms with Gasteiger partial charge in [-0.05, 0) is 43.5 Å². The summed E-state index contributed by atoms with van der Waals surface area (Å²) in [7, 11) is 1.54. The number of hydrogen-bond acceptors (Lipinski definition) is 3. The van der Waals surface area contributed by atoms with Crippen LogP contribution in [0.1, 0.15) is 29.3 Å². The minimum Gasteiger partial charge on any atom is -0.493 e. The van der Waals surface area contributed by atoms with Crippen LogP contribution in [0.4, 0.5) is 5.69 Å². The highest BCUT2D eigenvalue weighted by molar-refractivity contribution is 6.32. The standard InChI is InChI=1S/C19H20ClNO3/c1-3-24-18-15(20)11-14(12-17(18)23-2)19(22)21-10-6-8-13-7-4-5-9-16(13)21/h4-5,7,9,11-12H,3,6,8,10H2,1-2H3. The van der Waals surface area contributed by atoms with Gasteiger partial charge < -0.3 is 14.4 Å². The predicted octanol–water partition coefficient (Wildman–Crippen LogP) is 4.34. The number of ether oxygens (including phenoxy) is 2. The normalized spacial score (nSPS) is 13.4. The third kappa shape index (κ3) is 3.06. The van der Waals surface area contributed by atoms with Crippen molar-refractivity contribution < 1.29 is 14.3 Å². The molecule has 0 N–H and O–H groups in total. The smallest absolute Gasteiger partial charge is 0.258 e. The number of carbonyl (C=O) groups is 1. The number of aryl methyl sites for hydroxylation is 1. The Bertz CT molecular complexity index is 760. The maximum absolute atomic E-state index is 13.0. The van der Waals surface area contributed by atoms with E-state index >= 15 is 0 Å². The Morgan fingerprint density at radius 2 is 2.08 bits per heavy atom. The van der Waals surface area contributed by atoms with Crippen molar-refractivity contribution in [3.63, 3.8) is 0 Å². The third-order valence-corrected chi connectivity index (χ3v) is 4.40. The zero-order valence-electron chi connectivity index (χ0n) is 13.8. The number of benzene rings is 2. The molecule has 2 aromatic carbocycles. The molecule has 0 spiro atoms. The van der Waals surface area contributed by atoms with Gasteiger partial charge in [0.2, 0.25) is 0 Å². The molecule has 0 fully saturated rings. The van der Waals surface area contributed by atoms with Crippen LogP contribution in [0.5, 0.6) is 11.5 Å². The summed E-state index contributed by atoms with van der Waals surface area (Å²) in [6.07, 6.45) is 1.94. The monoisotopic (exact) mass is 345 g/mol.